The molecule has 2 rings (SSSR count). The van der Waals surface area contributed by atoms with Crippen LogP contribution in [0, 0.1) is 0 Å². The van der Waals surface area contributed by atoms with Crippen LogP contribution in [0.5, 0.6) is 0 Å². The molecular formula is C11H14N2OS. The third-order valence-electron chi connectivity index (χ3n) is 2.21. The second-order valence-electron chi connectivity index (χ2n) is 3.38. The Morgan fingerprint density at radius 2 is 2.33 bits per heavy atom. The minimum atomic E-state index is 0.764. The van der Waals surface area contributed by atoms with E-state index in [9.17, 15) is 0 Å². The molecular weight excluding hydrogens is 208 g/mol. The van der Waals surface area contributed by atoms with Gasteiger partial charge in [-0.15, -0.1) is 11.3 Å². The molecule has 0 fully saturated rings. The second kappa shape index (κ2) is 5.09. The first-order valence-corrected chi connectivity index (χ1v) is 5.95. The highest BCUT2D eigenvalue weighted by Crippen LogP contribution is 2.22. The lowest BCUT2D eigenvalue weighted by Gasteiger charge is -1.93. The average Bonchev–Trinajstić information content (AvgIpc) is 2.87. The molecule has 4 heteroatoms. The summed E-state index contributed by atoms with van der Waals surface area (Å²) < 4.78 is 5.02. The normalized spacial score (nSPS) is 10.7. The van der Waals surface area contributed by atoms with Crippen LogP contribution in [0.3, 0.4) is 0 Å². The van der Waals surface area contributed by atoms with Crippen molar-refractivity contribution in [1.82, 2.24) is 4.98 Å². The third-order valence-corrected chi connectivity index (χ3v) is 3.12. The summed E-state index contributed by atoms with van der Waals surface area (Å²) in [5.41, 5.74) is 7.51. The summed E-state index contributed by atoms with van der Waals surface area (Å²) in [5.74, 6) is 0. The molecule has 0 atom stereocenters. The van der Waals surface area contributed by atoms with Crippen molar-refractivity contribution in [2.24, 2.45) is 5.73 Å². The van der Waals surface area contributed by atoms with Crippen LogP contribution in [0.1, 0.15) is 17.8 Å². The Labute approximate surface area is 92.9 Å². The molecule has 0 saturated carbocycles. The van der Waals surface area contributed by atoms with Gasteiger partial charge < -0.3 is 10.2 Å². The molecule has 2 heterocycles. The first-order valence-electron chi connectivity index (χ1n) is 5.07. The smallest absolute Gasteiger partial charge is 0.0996 e. The zero-order chi connectivity index (χ0) is 10.5. The lowest BCUT2D eigenvalue weighted by Crippen LogP contribution is -1.98. The van der Waals surface area contributed by atoms with E-state index in [1.807, 2.05) is 6.07 Å². The molecule has 0 aliphatic carbocycles. The summed E-state index contributed by atoms with van der Waals surface area (Å²) in [6.07, 6.45) is 6.61. The number of furan rings is 1. The number of hydrogen-bond donors (Lipinski definition) is 1. The van der Waals surface area contributed by atoms with Crippen LogP contribution in [0.4, 0.5) is 0 Å². The molecule has 0 aromatic carbocycles. The number of unbranched alkanes of at least 4 members (excludes halogenated alkanes) is 1. The van der Waals surface area contributed by atoms with Gasteiger partial charge in [0.05, 0.1) is 23.2 Å². The Hall–Kier alpha value is -1.13. The zero-order valence-corrected chi connectivity index (χ0v) is 9.30. The molecule has 0 aliphatic rings. The minimum Gasteiger partial charge on any atom is -0.472 e. The van der Waals surface area contributed by atoms with E-state index in [2.05, 4.69) is 10.4 Å². The maximum Gasteiger partial charge on any atom is 0.0996 e. The van der Waals surface area contributed by atoms with E-state index < -0.39 is 0 Å². The average molecular weight is 222 g/mol. The Morgan fingerprint density at radius 1 is 1.40 bits per heavy atom. The van der Waals surface area contributed by atoms with Crippen LogP contribution in [0.15, 0.2) is 28.4 Å². The molecule has 80 valence electrons. The van der Waals surface area contributed by atoms with Crippen molar-refractivity contribution in [2.45, 2.75) is 19.3 Å². The van der Waals surface area contributed by atoms with Gasteiger partial charge in [0.25, 0.3) is 0 Å². The van der Waals surface area contributed by atoms with Crippen molar-refractivity contribution < 1.29 is 4.42 Å². The van der Waals surface area contributed by atoms with Gasteiger partial charge in [0, 0.05) is 10.9 Å². The van der Waals surface area contributed by atoms with Crippen molar-refractivity contribution in [3.8, 4) is 11.3 Å². The lowest BCUT2D eigenvalue weighted by molar-refractivity contribution is 0.568. The number of aryl methyl sites for hydroxylation is 1. The van der Waals surface area contributed by atoms with Crippen LogP contribution in [-0.2, 0) is 6.42 Å². The Bertz CT molecular complexity index is 394. The highest BCUT2D eigenvalue weighted by molar-refractivity contribution is 7.09. The fraction of sp³-hybridized carbons (Fsp3) is 0.364. The van der Waals surface area contributed by atoms with Crippen molar-refractivity contribution in [3.63, 3.8) is 0 Å². The second-order valence-corrected chi connectivity index (χ2v) is 4.33. The van der Waals surface area contributed by atoms with Crippen molar-refractivity contribution in [1.29, 1.82) is 0 Å². The van der Waals surface area contributed by atoms with Crippen LogP contribution in [0.2, 0.25) is 0 Å². The number of hydrogen-bond acceptors (Lipinski definition) is 4. The highest BCUT2D eigenvalue weighted by Gasteiger charge is 2.04. The Kier molecular flexibility index (Phi) is 3.53. The quantitative estimate of drug-likeness (QED) is 0.791. The predicted molar refractivity (Wildman–Crippen MR) is 61.8 cm³/mol. The van der Waals surface area contributed by atoms with Gasteiger partial charge in [0.2, 0.25) is 0 Å². The summed E-state index contributed by atoms with van der Waals surface area (Å²) in [4.78, 5) is 4.54. The van der Waals surface area contributed by atoms with E-state index in [-0.39, 0.29) is 0 Å². The molecule has 0 radical (unpaired) electrons. The molecule has 0 aliphatic heterocycles. The molecule has 0 unspecified atom stereocenters. The first kappa shape index (κ1) is 10.4. The molecule has 3 nitrogen and oxygen atoms in total. The first-order chi connectivity index (χ1) is 7.40. The van der Waals surface area contributed by atoms with E-state index in [4.69, 9.17) is 10.2 Å². The monoisotopic (exact) mass is 222 g/mol. The van der Waals surface area contributed by atoms with Gasteiger partial charge in [-0.2, -0.15) is 0 Å². The summed E-state index contributed by atoms with van der Waals surface area (Å²) in [6.45, 7) is 0.764. The van der Waals surface area contributed by atoms with Crippen LogP contribution >= 0.6 is 11.3 Å². The molecule has 0 saturated heterocycles. The summed E-state index contributed by atoms with van der Waals surface area (Å²) >= 11 is 1.70. The highest BCUT2D eigenvalue weighted by atomic mass is 32.1. The van der Waals surface area contributed by atoms with Gasteiger partial charge in [-0.1, -0.05) is 0 Å². The van der Waals surface area contributed by atoms with Crippen molar-refractivity contribution in [3.05, 3.63) is 29.0 Å². The molecule has 0 bridgehead atoms. The Balaban J connectivity index is 1.98. The molecule has 2 aromatic heterocycles. The van der Waals surface area contributed by atoms with Gasteiger partial charge in [-0.05, 0) is 31.9 Å². The van der Waals surface area contributed by atoms with E-state index >= 15 is 0 Å². The van der Waals surface area contributed by atoms with E-state index in [0.717, 1.165) is 37.1 Å². The molecule has 0 amide bonds. The summed E-state index contributed by atoms with van der Waals surface area (Å²) in [5, 5.41) is 3.25. The van der Waals surface area contributed by atoms with Crippen molar-refractivity contribution in [2.75, 3.05) is 6.54 Å². The number of nitrogens with zero attached hydrogens (tertiary/aromatic N) is 1. The maximum atomic E-state index is 5.45. The van der Waals surface area contributed by atoms with Gasteiger partial charge in [0.15, 0.2) is 0 Å². The molecule has 0 spiro atoms. The predicted octanol–water partition coefficient (Wildman–Crippen LogP) is 2.68. The van der Waals surface area contributed by atoms with Crippen LogP contribution in [-0.4, -0.2) is 11.5 Å². The fourth-order valence-corrected chi connectivity index (χ4v) is 2.24. The Morgan fingerprint density at radius 3 is 3.07 bits per heavy atom. The summed E-state index contributed by atoms with van der Waals surface area (Å²) in [7, 11) is 0. The number of thiazole rings is 1. The zero-order valence-electron chi connectivity index (χ0n) is 8.48. The number of rotatable bonds is 5. The summed E-state index contributed by atoms with van der Waals surface area (Å²) in [6, 6.07) is 1.93. The van der Waals surface area contributed by atoms with Crippen LogP contribution in [0.25, 0.3) is 11.3 Å². The lowest BCUT2D eigenvalue weighted by atomic mass is 10.2. The molecule has 2 N–H and O–H groups in total. The largest absolute Gasteiger partial charge is 0.472 e. The van der Waals surface area contributed by atoms with Gasteiger partial charge >= 0.3 is 0 Å². The third kappa shape index (κ3) is 2.67. The fourth-order valence-electron chi connectivity index (χ4n) is 1.39. The standard InChI is InChI=1S/C11H14N2OS/c12-5-2-1-3-11-13-10(8-15-11)9-4-6-14-7-9/h4,6-8H,1-3,5,12H2. The van der Waals surface area contributed by atoms with E-state index in [1.165, 1.54) is 5.01 Å². The van der Waals surface area contributed by atoms with Gasteiger partial charge in [-0.25, -0.2) is 4.98 Å². The van der Waals surface area contributed by atoms with E-state index in [0.29, 0.717) is 0 Å². The molecule has 2 aromatic rings. The topological polar surface area (TPSA) is 52.0 Å². The van der Waals surface area contributed by atoms with E-state index in [1.54, 1.807) is 23.9 Å². The minimum absolute atomic E-state index is 0.764. The van der Waals surface area contributed by atoms with Crippen LogP contribution < -0.4 is 5.73 Å². The van der Waals surface area contributed by atoms with Gasteiger partial charge in [0.1, 0.15) is 0 Å². The maximum absolute atomic E-state index is 5.45. The number of aromatic nitrogens is 1. The number of nitrogens with two attached hydrogens (primary N) is 1. The molecule has 15 heavy (non-hydrogen) atoms. The SMILES string of the molecule is NCCCCc1nc(-c2ccoc2)cs1. The van der Waals surface area contributed by atoms with Gasteiger partial charge in [-0.3, -0.25) is 0 Å². The van der Waals surface area contributed by atoms with Crippen molar-refractivity contribution >= 4 is 11.3 Å².